The van der Waals surface area contributed by atoms with Crippen molar-refractivity contribution in [3.63, 3.8) is 0 Å². The molecule has 80 valence electrons. The Hall–Kier alpha value is -0.490. The molecule has 5 atom stereocenters. The Morgan fingerprint density at radius 3 is 2.64 bits per heavy atom. The summed E-state index contributed by atoms with van der Waals surface area (Å²) in [6, 6.07) is 0. The predicted octanol–water partition coefficient (Wildman–Crippen LogP) is 0.0767. The molecule has 2 aliphatic heterocycles. The Bertz CT molecular complexity index is 219. The standard InChI is InChI=1S/C9H14O5/c1-5-11-4-8-9(14-5)7(3-10)12-6(2)13-8/h3,5-9H,4H2,1-2H3/t5-,6-,7-,8+,9+/m0/s1. The zero-order chi connectivity index (χ0) is 10.1. The van der Waals surface area contributed by atoms with Crippen molar-refractivity contribution in [2.75, 3.05) is 6.61 Å². The van der Waals surface area contributed by atoms with E-state index >= 15 is 0 Å². The Morgan fingerprint density at radius 1 is 1.14 bits per heavy atom. The molecule has 0 aromatic heterocycles. The van der Waals surface area contributed by atoms with Gasteiger partial charge in [-0.1, -0.05) is 0 Å². The summed E-state index contributed by atoms with van der Waals surface area (Å²) in [5.74, 6) is 0. The van der Waals surface area contributed by atoms with Crippen LogP contribution in [0.2, 0.25) is 0 Å². The lowest BCUT2D eigenvalue weighted by Gasteiger charge is -2.42. The number of hydrogen-bond acceptors (Lipinski definition) is 5. The lowest BCUT2D eigenvalue weighted by atomic mass is 10.1. The van der Waals surface area contributed by atoms with Gasteiger partial charge in [0, 0.05) is 0 Å². The van der Waals surface area contributed by atoms with E-state index in [0.717, 1.165) is 6.29 Å². The van der Waals surface area contributed by atoms with E-state index in [2.05, 4.69) is 0 Å². The largest absolute Gasteiger partial charge is 0.350 e. The van der Waals surface area contributed by atoms with Crippen molar-refractivity contribution >= 4 is 6.29 Å². The summed E-state index contributed by atoms with van der Waals surface area (Å²) in [6.07, 6.45) is -1.02. The first kappa shape index (κ1) is 10.0. The van der Waals surface area contributed by atoms with Gasteiger partial charge in [-0.15, -0.1) is 0 Å². The predicted molar refractivity (Wildman–Crippen MR) is 45.6 cm³/mol. The van der Waals surface area contributed by atoms with Crippen LogP contribution in [0.5, 0.6) is 0 Å². The minimum atomic E-state index is -0.546. The lowest BCUT2D eigenvalue weighted by molar-refractivity contribution is -0.342. The summed E-state index contributed by atoms with van der Waals surface area (Å²) in [6.45, 7) is 3.99. The topological polar surface area (TPSA) is 54.0 Å². The lowest BCUT2D eigenvalue weighted by Crippen LogP contribution is -2.57. The quantitative estimate of drug-likeness (QED) is 0.563. The molecule has 5 heteroatoms. The highest BCUT2D eigenvalue weighted by molar-refractivity contribution is 5.57. The summed E-state index contributed by atoms with van der Waals surface area (Å²) in [7, 11) is 0. The molecular formula is C9H14O5. The highest BCUT2D eigenvalue weighted by Crippen LogP contribution is 2.25. The molecule has 0 amide bonds. The van der Waals surface area contributed by atoms with Crippen LogP contribution in [0, 0.1) is 0 Å². The van der Waals surface area contributed by atoms with Crippen LogP contribution in [-0.2, 0) is 23.7 Å². The van der Waals surface area contributed by atoms with Crippen molar-refractivity contribution in [3.8, 4) is 0 Å². The van der Waals surface area contributed by atoms with Crippen molar-refractivity contribution < 1.29 is 23.7 Å². The number of carbonyl (C=O) groups is 1. The van der Waals surface area contributed by atoms with Gasteiger partial charge in [0.15, 0.2) is 18.9 Å². The Labute approximate surface area is 82.3 Å². The van der Waals surface area contributed by atoms with Gasteiger partial charge in [0.05, 0.1) is 6.61 Å². The average molecular weight is 202 g/mol. The minimum Gasteiger partial charge on any atom is -0.350 e. The molecule has 0 bridgehead atoms. The molecule has 2 rings (SSSR count). The van der Waals surface area contributed by atoms with Crippen LogP contribution in [0.25, 0.3) is 0 Å². The molecule has 0 aromatic rings. The van der Waals surface area contributed by atoms with Crippen LogP contribution in [-0.4, -0.2) is 43.8 Å². The fourth-order valence-corrected chi connectivity index (χ4v) is 1.77. The first-order valence-corrected chi connectivity index (χ1v) is 4.74. The van der Waals surface area contributed by atoms with E-state index < -0.39 is 6.10 Å². The monoisotopic (exact) mass is 202 g/mol. The molecule has 0 spiro atoms. The van der Waals surface area contributed by atoms with Crippen molar-refractivity contribution in [1.82, 2.24) is 0 Å². The van der Waals surface area contributed by atoms with E-state index in [1.54, 1.807) is 13.8 Å². The third kappa shape index (κ3) is 1.81. The number of ether oxygens (including phenoxy) is 4. The van der Waals surface area contributed by atoms with Gasteiger partial charge in [0.2, 0.25) is 0 Å². The van der Waals surface area contributed by atoms with Crippen molar-refractivity contribution in [2.45, 2.75) is 44.7 Å². The Kier molecular flexibility index (Phi) is 2.83. The second-order valence-corrected chi connectivity index (χ2v) is 3.48. The van der Waals surface area contributed by atoms with Gasteiger partial charge in [-0.25, -0.2) is 0 Å². The summed E-state index contributed by atoms with van der Waals surface area (Å²) >= 11 is 0. The molecule has 2 saturated heterocycles. The molecule has 2 aliphatic rings. The van der Waals surface area contributed by atoms with Crippen LogP contribution >= 0.6 is 0 Å². The fraction of sp³-hybridized carbons (Fsp3) is 0.889. The molecule has 5 nitrogen and oxygen atoms in total. The molecule has 0 radical (unpaired) electrons. The second kappa shape index (κ2) is 3.94. The van der Waals surface area contributed by atoms with Crippen LogP contribution in [0.4, 0.5) is 0 Å². The number of fused-ring (bicyclic) bond motifs is 1. The number of rotatable bonds is 1. The molecule has 2 fully saturated rings. The van der Waals surface area contributed by atoms with E-state index in [-0.39, 0.29) is 24.8 Å². The van der Waals surface area contributed by atoms with Crippen molar-refractivity contribution in [2.24, 2.45) is 0 Å². The van der Waals surface area contributed by atoms with Crippen molar-refractivity contribution in [3.05, 3.63) is 0 Å². The van der Waals surface area contributed by atoms with Gasteiger partial charge in [-0.05, 0) is 13.8 Å². The molecule has 14 heavy (non-hydrogen) atoms. The normalized spacial score (nSPS) is 48.3. The van der Waals surface area contributed by atoms with Gasteiger partial charge < -0.3 is 23.7 Å². The molecule has 0 saturated carbocycles. The maximum atomic E-state index is 10.8. The first-order chi connectivity index (χ1) is 6.70. The van der Waals surface area contributed by atoms with Gasteiger partial charge in [-0.3, -0.25) is 0 Å². The van der Waals surface area contributed by atoms with Gasteiger partial charge >= 0.3 is 0 Å². The smallest absolute Gasteiger partial charge is 0.156 e. The van der Waals surface area contributed by atoms with Crippen LogP contribution in [0.3, 0.4) is 0 Å². The maximum absolute atomic E-state index is 10.8. The SMILES string of the molecule is C[C@H]1OC[C@H]2O[C@@H](C)O[C@@H](C=O)[C@H]2O1. The van der Waals surface area contributed by atoms with E-state index in [1.807, 2.05) is 0 Å². The van der Waals surface area contributed by atoms with E-state index in [4.69, 9.17) is 18.9 Å². The molecule has 0 aromatic carbocycles. The summed E-state index contributed by atoms with van der Waals surface area (Å²) in [5.41, 5.74) is 0. The summed E-state index contributed by atoms with van der Waals surface area (Å²) in [5, 5.41) is 0. The molecule has 0 aliphatic carbocycles. The van der Waals surface area contributed by atoms with Crippen LogP contribution < -0.4 is 0 Å². The molecule has 0 unspecified atom stereocenters. The fourth-order valence-electron chi connectivity index (χ4n) is 1.77. The summed E-state index contributed by atoms with van der Waals surface area (Å²) < 4.78 is 21.4. The third-order valence-electron chi connectivity index (χ3n) is 2.38. The van der Waals surface area contributed by atoms with Gasteiger partial charge in [0.1, 0.15) is 18.3 Å². The highest BCUT2D eigenvalue weighted by Gasteiger charge is 2.42. The van der Waals surface area contributed by atoms with E-state index in [9.17, 15) is 4.79 Å². The second-order valence-electron chi connectivity index (χ2n) is 3.48. The number of carbonyl (C=O) groups excluding carboxylic acids is 1. The van der Waals surface area contributed by atoms with E-state index in [0.29, 0.717) is 6.61 Å². The molecule has 2 heterocycles. The maximum Gasteiger partial charge on any atom is 0.156 e. The van der Waals surface area contributed by atoms with Crippen molar-refractivity contribution in [1.29, 1.82) is 0 Å². The third-order valence-corrected chi connectivity index (χ3v) is 2.38. The summed E-state index contributed by atoms with van der Waals surface area (Å²) in [4.78, 5) is 10.8. The van der Waals surface area contributed by atoms with E-state index in [1.165, 1.54) is 0 Å². The Morgan fingerprint density at radius 2 is 1.93 bits per heavy atom. The number of aldehydes is 1. The minimum absolute atomic E-state index is 0.204. The van der Waals surface area contributed by atoms with Gasteiger partial charge in [-0.2, -0.15) is 0 Å². The molecule has 0 N–H and O–H groups in total. The van der Waals surface area contributed by atoms with Crippen LogP contribution in [0.15, 0.2) is 0 Å². The highest BCUT2D eigenvalue weighted by atomic mass is 16.8. The van der Waals surface area contributed by atoms with Crippen LogP contribution in [0.1, 0.15) is 13.8 Å². The van der Waals surface area contributed by atoms with Gasteiger partial charge in [0.25, 0.3) is 0 Å². The number of hydrogen-bond donors (Lipinski definition) is 0. The zero-order valence-corrected chi connectivity index (χ0v) is 8.21. The first-order valence-electron chi connectivity index (χ1n) is 4.74. The average Bonchev–Trinajstić information content (AvgIpc) is 2.17. The zero-order valence-electron chi connectivity index (χ0n) is 8.21. The molecular weight excluding hydrogens is 188 g/mol. The Balaban J connectivity index is 2.08.